The quantitative estimate of drug-likeness (QED) is 0.214. The second-order valence-electron chi connectivity index (χ2n) is 13.4. The summed E-state index contributed by atoms with van der Waals surface area (Å²) in [6, 6.07) is 14.0. The molecule has 7 nitrogen and oxygen atoms in total. The number of halogens is 2. The van der Waals surface area contributed by atoms with E-state index in [4.69, 9.17) is 4.74 Å². The number of hydrogen-bond donors (Lipinski definition) is 0. The van der Waals surface area contributed by atoms with Gasteiger partial charge in [-0.05, 0) is 72.8 Å². The summed E-state index contributed by atoms with van der Waals surface area (Å²) >= 11 is 2.82. The largest absolute Gasteiger partial charge is 0.416 e. The Morgan fingerprint density at radius 3 is 1.92 bits per heavy atom. The molecule has 8 rings (SSSR count). The van der Waals surface area contributed by atoms with Gasteiger partial charge in [0, 0.05) is 67.4 Å². The number of ether oxygens (including phenoxy) is 1. The van der Waals surface area contributed by atoms with Crippen LogP contribution in [0.3, 0.4) is 0 Å². The Kier molecular flexibility index (Phi) is 9.97. The van der Waals surface area contributed by atoms with Gasteiger partial charge in [0.15, 0.2) is 21.7 Å². The van der Waals surface area contributed by atoms with Gasteiger partial charge in [-0.15, -0.1) is 11.3 Å². The third-order valence-corrected chi connectivity index (χ3v) is 12.0. The maximum absolute atomic E-state index is 14.4. The van der Waals surface area contributed by atoms with Crippen LogP contribution in [-0.4, -0.2) is 52.1 Å². The van der Waals surface area contributed by atoms with Crippen LogP contribution in [0.4, 0.5) is 8.78 Å². The summed E-state index contributed by atoms with van der Waals surface area (Å²) in [5.41, 5.74) is 3.12. The molecular weight excluding hydrogens is 667 g/mol. The van der Waals surface area contributed by atoms with Crippen molar-refractivity contribution < 1.29 is 32.7 Å². The van der Waals surface area contributed by atoms with Crippen LogP contribution in [0.15, 0.2) is 65.1 Å². The molecule has 2 atom stereocenters. The lowest BCUT2D eigenvalue weighted by atomic mass is 9.94. The summed E-state index contributed by atoms with van der Waals surface area (Å²) in [4.78, 5) is 55.0. The highest BCUT2D eigenvalue weighted by atomic mass is 32.2. The van der Waals surface area contributed by atoms with Gasteiger partial charge in [0.25, 0.3) is 0 Å². The van der Waals surface area contributed by atoms with E-state index >= 15 is 0 Å². The van der Waals surface area contributed by atoms with Gasteiger partial charge in [-0.25, -0.2) is 8.78 Å². The van der Waals surface area contributed by atoms with Crippen LogP contribution in [0.5, 0.6) is 5.06 Å². The number of carbonyl (C=O) groups is 4. The lowest BCUT2D eigenvalue weighted by Gasteiger charge is -2.34. The summed E-state index contributed by atoms with van der Waals surface area (Å²) < 4.78 is 34.0. The standard InChI is InChI=1S/C20H20FNO3S.C18H18FNO2S/c1-12(23)25-18-10-14-11-22(9-8-17(14)26-18)19(20(24)13-6-7-13)15-4-2-3-5-16(15)21;19-14-4-2-1-3-13(14)17(18(22)11-5-6-11)20-8-7-15-12(10-20)9-16(21)23-15/h2-5,10,13,19H,6-9,11H2,1H3;1-4,11,17H,5-10H2. The van der Waals surface area contributed by atoms with E-state index in [2.05, 4.69) is 9.80 Å². The predicted molar refractivity (Wildman–Crippen MR) is 184 cm³/mol. The van der Waals surface area contributed by atoms with E-state index in [1.165, 1.54) is 47.0 Å². The number of esters is 1. The SMILES string of the molecule is CC(=O)Oc1cc2c(s1)CCN(C(C(=O)C1CC1)c1ccccc1F)C2.O=C1CC2=C(CCN(C(C(=O)C3CC3)c3ccccc3F)C2)S1. The summed E-state index contributed by atoms with van der Waals surface area (Å²) in [6.45, 7) is 3.94. The van der Waals surface area contributed by atoms with Gasteiger partial charge in [0.1, 0.15) is 11.6 Å². The summed E-state index contributed by atoms with van der Waals surface area (Å²) in [5.74, 6) is -0.597. The first-order valence-electron chi connectivity index (χ1n) is 16.9. The highest BCUT2D eigenvalue weighted by molar-refractivity contribution is 8.17. The number of Topliss-reactive ketones (excluding diaryl/α,β-unsaturated/α-hetero) is 2. The molecule has 2 fully saturated rings. The Hall–Kier alpha value is -3.51. The van der Waals surface area contributed by atoms with Gasteiger partial charge >= 0.3 is 5.97 Å². The number of thioether (sulfide) groups is 1. The van der Waals surface area contributed by atoms with Crippen molar-refractivity contribution in [2.24, 2.45) is 11.8 Å². The van der Waals surface area contributed by atoms with Crippen LogP contribution in [0, 0.1) is 23.5 Å². The monoisotopic (exact) mass is 704 g/mol. The fourth-order valence-electron chi connectivity index (χ4n) is 7.06. The fraction of sp³-hybridized carbons (Fsp3) is 0.421. The van der Waals surface area contributed by atoms with E-state index in [0.717, 1.165) is 54.6 Å². The first-order valence-corrected chi connectivity index (χ1v) is 18.6. The van der Waals surface area contributed by atoms with E-state index in [9.17, 15) is 28.0 Å². The number of thiophene rings is 1. The topological polar surface area (TPSA) is 84.0 Å². The molecule has 2 aromatic carbocycles. The van der Waals surface area contributed by atoms with Crippen molar-refractivity contribution in [3.05, 3.63) is 98.3 Å². The molecule has 256 valence electrons. The molecule has 0 saturated heterocycles. The van der Waals surface area contributed by atoms with Gasteiger partial charge in [0.05, 0.1) is 12.1 Å². The first-order chi connectivity index (χ1) is 23.7. The lowest BCUT2D eigenvalue weighted by molar-refractivity contribution is -0.131. The molecule has 0 N–H and O–H groups in total. The molecule has 3 aliphatic heterocycles. The highest BCUT2D eigenvalue weighted by Gasteiger charge is 2.42. The number of fused-ring (bicyclic) bond motifs is 1. The van der Waals surface area contributed by atoms with Crippen molar-refractivity contribution in [3.63, 3.8) is 0 Å². The molecule has 2 unspecified atom stereocenters. The Bertz CT molecular complexity index is 1830. The van der Waals surface area contributed by atoms with E-state index in [1.54, 1.807) is 36.4 Å². The summed E-state index contributed by atoms with van der Waals surface area (Å²) in [6.07, 6.45) is 5.66. The Balaban J connectivity index is 0.000000155. The normalized spacial score (nSPS) is 20.5. The fourth-order valence-corrected chi connectivity index (χ4v) is 9.10. The van der Waals surface area contributed by atoms with Gasteiger partial charge in [-0.1, -0.05) is 48.2 Å². The second kappa shape index (κ2) is 14.4. The Morgan fingerprint density at radius 1 is 0.816 bits per heavy atom. The maximum Gasteiger partial charge on any atom is 0.308 e. The molecule has 0 spiro atoms. The average Bonchev–Trinajstić information content (AvgIpc) is 4.01. The zero-order chi connectivity index (χ0) is 34.2. The van der Waals surface area contributed by atoms with Crippen molar-refractivity contribution in [1.29, 1.82) is 0 Å². The van der Waals surface area contributed by atoms with Crippen molar-refractivity contribution in [2.45, 2.75) is 70.5 Å². The van der Waals surface area contributed by atoms with Crippen LogP contribution >= 0.6 is 23.1 Å². The number of hydrogen-bond acceptors (Lipinski definition) is 9. The van der Waals surface area contributed by atoms with E-state index in [0.29, 0.717) is 48.8 Å². The minimum atomic E-state index is -0.547. The maximum atomic E-state index is 14.4. The van der Waals surface area contributed by atoms with Crippen molar-refractivity contribution in [2.75, 3.05) is 19.6 Å². The zero-order valence-electron chi connectivity index (χ0n) is 27.3. The van der Waals surface area contributed by atoms with Crippen LogP contribution in [0.25, 0.3) is 0 Å². The molecule has 3 aromatic rings. The molecule has 11 heteroatoms. The minimum Gasteiger partial charge on any atom is -0.416 e. The van der Waals surface area contributed by atoms with Crippen molar-refractivity contribution in [3.8, 4) is 5.06 Å². The number of nitrogens with zero attached hydrogens (tertiary/aromatic N) is 2. The van der Waals surface area contributed by atoms with Gasteiger partial charge in [-0.2, -0.15) is 0 Å². The molecule has 0 bridgehead atoms. The van der Waals surface area contributed by atoms with Crippen LogP contribution in [0.2, 0.25) is 0 Å². The van der Waals surface area contributed by atoms with Gasteiger partial charge in [0.2, 0.25) is 0 Å². The molecule has 0 amide bonds. The van der Waals surface area contributed by atoms with E-state index in [1.807, 2.05) is 6.07 Å². The van der Waals surface area contributed by atoms with Gasteiger partial charge < -0.3 is 4.74 Å². The van der Waals surface area contributed by atoms with Crippen LogP contribution < -0.4 is 4.74 Å². The zero-order valence-corrected chi connectivity index (χ0v) is 28.9. The van der Waals surface area contributed by atoms with Gasteiger partial charge in [-0.3, -0.25) is 29.0 Å². The van der Waals surface area contributed by atoms with Crippen molar-refractivity contribution in [1.82, 2.24) is 9.80 Å². The van der Waals surface area contributed by atoms with Crippen LogP contribution in [0.1, 0.15) is 79.1 Å². The molecule has 4 heterocycles. The third-order valence-electron chi connectivity index (χ3n) is 9.76. The number of ketones is 2. The van der Waals surface area contributed by atoms with E-state index < -0.39 is 12.1 Å². The molecule has 2 aliphatic carbocycles. The summed E-state index contributed by atoms with van der Waals surface area (Å²) in [5, 5.41) is 0.771. The highest BCUT2D eigenvalue weighted by Crippen LogP contribution is 2.44. The van der Waals surface area contributed by atoms with Crippen molar-refractivity contribution >= 4 is 45.7 Å². The van der Waals surface area contributed by atoms with E-state index in [-0.39, 0.29) is 46.1 Å². The summed E-state index contributed by atoms with van der Waals surface area (Å²) in [7, 11) is 0. The number of rotatable bonds is 9. The molecule has 5 aliphatic rings. The second-order valence-corrected chi connectivity index (χ2v) is 15.7. The lowest BCUT2D eigenvalue weighted by Crippen LogP contribution is -2.39. The molecule has 49 heavy (non-hydrogen) atoms. The first kappa shape index (κ1) is 34.0. The minimum absolute atomic E-state index is 0.0556. The molecule has 1 aromatic heterocycles. The Morgan fingerprint density at radius 2 is 1.37 bits per heavy atom. The molecular formula is C38H38F2N2O5S2. The molecule has 2 saturated carbocycles. The average molecular weight is 705 g/mol. The number of benzene rings is 2. The predicted octanol–water partition coefficient (Wildman–Crippen LogP) is 7.36. The smallest absolute Gasteiger partial charge is 0.308 e. The third kappa shape index (κ3) is 7.65. The Labute approximate surface area is 292 Å². The number of carbonyl (C=O) groups excluding carboxylic acids is 4. The molecule has 0 radical (unpaired) electrons. The van der Waals surface area contributed by atoms with Crippen LogP contribution in [-0.2, 0) is 32.1 Å².